The molecule has 1 amide bonds. The van der Waals surface area contributed by atoms with E-state index in [0.717, 1.165) is 51.3 Å². The summed E-state index contributed by atoms with van der Waals surface area (Å²) in [7, 11) is 1.65. The number of carbonyl (C=O) groups excluding carboxylic acids is 1. The van der Waals surface area contributed by atoms with Crippen LogP contribution in [0.5, 0.6) is 0 Å². The van der Waals surface area contributed by atoms with Crippen LogP contribution in [0.15, 0.2) is 17.1 Å². The molecule has 3 rings (SSSR count). The van der Waals surface area contributed by atoms with Crippen molar-refractivity contribution in [3.63, 3.8) is 0 Å². The molecule has 0 bridgehead atoms. The van der Waals surface area contributed by atoms with Gasteiger partial charge in [-0.1, -0.05) is 6.92 Å². The van der Waals surface area contributed by atoms with Gasteiger partial charge in [-0.05, 0) is 38.8 Å². The van der Waals surface area contributed by atoms with E-state index in [1.54, 1.807) is 19.3 Å². The number of hydrogen-bond donors (Lipinski definition) is 1. The molecular weight excluding hydrogens is 318 g/mol. The van der Waals surface area contributed by atoms with Gasteiger partial charge in [0, 0.05) is 44.7 Å². The number of aromatic nitrogens is 2. The van der Waals surface area contributed by atoms with Gasteiger partial charge in [0.25, 0.3) is 5.56 Å². The summed E-state index contributed by atoms with van der Waals surface area (Å²) in [4.78, 5) is 28.8. The van der Waals surface area contributed by atoms with Crippen LogP contribution in [-0.2, 0) is 11.8 Å². The normalized spacial score (nSPS) is 22.3. The third kappa shape index (κ3) is 4.21. The number of nitrogens with one attached hydrogen (secondary N) is 1. The number of rotatable bonds is 5. The maximum absolute atomic E-state index is 12.5. The highest BCUT2D eigenvalue weighted by Crippen LogP contribution is 2.22. The SMILES string of the molecule is CCN1CCCC1CNC(=O)C1CCN(c2cnn(C)c(=O)c2)CC1. The number of amides is 1. The summed E-state index contributed by atoms with van der Waals surface area (Å²) < 4.78 is 1.33. The summed E-state index contributed by atoms with van der Waals surface area (Å²) >= 11 is 0. The van der Waals surface area contributed by atoms with Crippen LogP contribution in [0.4, 0.5) is 5.69 Å². The minimum absolute atomic E-state index is 0.0761. The van der Waals surface area contributed by atoms with E-state index in [2.05, 4.69) is 27.1 Å². The summed E-state index contributed by atoms with van der Waals surface area (Å²) in [5.41, 5.74) is 0.751. The van der Waals surface area contributed by atoms with Gasteiger partial charge in [-0.15, -0.1) is 0 Å². The van der Waals surface area contributed by atoms with E-state index in [9.17, 15) is 9.59 Å². The zero-order chi connectivity index (χ0) is 17.8. The molecule has 7 heteroatoms. The van der Waals surface area contributed by atoms with Crippen molar-refractivity contribution >= 4 is 11.6 Å². The van der Waals surface area contributed by atoms with E-state index in [0.29, 0.717) is 6.04 Å². The fourth-order valence-corrected chi connectivity index (χ4v) is 3.94. The molecule has 0 spiro atoms. The Morgan fingerprint density at radius 2 is 2.04 bits per heavy atom. The molecule has 1 unspecified atom stereocenters. The van der Waals surface area contributed by atoms with Crippen molar-refractivity contribution in [1.82, 2.24) is 20.0 Å². The van der Waals surface area contributed by atoms with Gasteiger partial charge >= 0.3 is 0 Å². The second-order valence-electron chi connectivity index (χ2n) is 7.11. The minimum Gasteiger partial charge on any atom is -0.370 e. The first kappa shape index (κ1) is 17.9. The third-order valence-electron chi connectivity index (χ3n) is 5.60. The first-order valence-electron chi connectivity index (χ1n) is 9.38. The number of hydrogen-bond acceptors (Lipinski definition) is 5. The largest absolute Gasteiger partial charge is 0.370 e. The third-order valence-corrected chi connectivity index (χ3v) is 5.60. The quantitative estimate of drug-likeness (QED) is 0.844. The predicted molar refractivity (Wildman–Crippen MR) is 97.7 cm³/mol. The average Bonchev–Trinajstić information content (AvgIpc) is 3.09. The summed E-state index contributed by atoms with van der Waals surface area (Å²) in [5, 5.41) is 7.24. The van der Waals surface area contributed by atoms with Crippen LogP contribution in [0.3, 0.4) is 0 Å². The van der Waals surface area contributed by atoms with Crippen molar-refractivity contribution in [2.24, 2.45) is 13.0 Å². The van der Waals surface area contributed by atoms with E-state index in [4.69, 9.17) is 0 Å². The zero-order valence-corrected chi connectivity index (χ0v) is 15.3. The molecule has 25 heavy (non-hydrogen) atoms. The molecule has 0 saturated carbocycles. The number of carbonyl (C=O) groups is 1. The maximum Gasteiger partial charge on any atom is 0.268 e. The van der Waals surface area contributed by atoms with Gasteiger partial charge < -0.3 is 10.2 Å². The molecule has 1 aromatic rings. The van der Waals surface area contributed by atoms with Gasteiger partial charge in [-0.3, -0.25) is 14.5 Å². The van der Waals surface area contributed by atoms with Crippen LogP contribution in [0.2, 0.25) is 0 Å². The van der Waals surface area contributed by atoms with Gasteiger partial charge in [-0.2, -0.15) is 5.10 Å². The lowest BCUT2D eigenvalue weighted by atomic mass is 9.95. The number of aryl methyl sites for hydroxylation is 1. The van der Waals surface area contributed by atoms with Gasteiger partial charge in [-0.25, -0.2) is 4.68 Å². The molecule has 0 aromatic carbocycles. The number of nitrogens with zero attached hydrogens (tertiary/aromatic N) is 4. The molecule has 2 saturated heterocycles. The zero-order valence-electron chi connectivity index (χ0n) is 15.3. The number of anilines is 1. The highest BCUT2D eigenvalue weighted by Gasteiger charge is 2.28. The topological polar surface area (TPSA) is 70.5 Å². The number of likely N-dealkylation sites (N-methyl/N-ethyl adjacent to an activating group) is 1. The molecule has 2 aliphatic heterocycles. The Morgan fingerprint density at radius 3 is 2.72 bits per heavy atom. The smallest absolute Gasteiger partial charge is 0.268 e. The van der Waals surface area contributed by atoms with Crippen molar-refractivity contribution < 1.29 is 4.79 Å². The molecule has 2 fully saturated rings. The van der Waals surface area contributed by atoms with Crippen LogP contribution in [0, 0.1) is 5.92 Å². The lowest BCUT2D eigenvalue weighted by Gasteiger charge is -2.33. The highest BCUT2D eigenvalue weighted by molar-refractivity contribution is 5.79. The van der Waals surface area contributed by atoms with Crippen molar-refractivity contribution in [3.8, 4) is 0 Å². The van der Waals surface area contributed by atoms with Gasteiger partial charge in [0.15, 0.2) is 0 Å². The summed E-state index contributed by atoms with van der Waals surface area (Å²) in [6.07, 6.45) is 5.79. The molecular formula is C18H29N5O2. The van der Waals surface area contributed by atoms with Gasteiger partial charge in [0.2, 0.25) is 5.91 Å². The standard InChI is InChI=1S/C18H29N5O2/c1-3-22-8-4-5-15(22)12-19-18(25)14-6-9-23(10-7-14)16-11-17(24)21(2)20-13-16/h11,13-15H,3-10,12H2,1-2H3,(H,19,25). The molecule has 7 nitrogen and oxygen atoms in total. The predicted octanol–water partition coefficient (Wildman–Crippen LogP) is 0.597. The second kappa shape index (κ2) is 7.99. The van der Waals surface area contributed by atoms with Crippen molar-refractivity contribution in [3.05, 3.63) is 22.6 Å². The van der Waals surface area contributed by atoms with Crippen molar-refractivity contribution in [2.75, 3.05) is 37.6 Å². The summed E-state index contributed by atoms with van der Waals surface area (Å²) in [6.45, 7) is 6.74. The van der Waals surface area contributed by atoms with E-state index >= 15 is 0 Å². The number of piperidine rings is 1. The van der Waals surface area contributed by atoms with E-state index in [1.807, 2.05) is 0 Å². The Morgan fingerprint density at radius 1 is 1.28 bits per heavy atom. The van der Waals surface area contributed by atoms with Crippen LogP contribution in [0.25, 0.3) is 0 Å². The first-order valence-corrected chi connectivity index (χ1v) is 9.38. The Kier molecular flexibility index (Phi) is 5.73. The van der Waals surface area contributed by atoms with Gasteiger partial charge in [0.05, 0.1) is 11.9 Å². The monoisotopic (exact) mass is 347 g/mol. The number of likely N-dealkylation sites (tertiary alicyclic amines) is 1. The molecule has 3 heterocycles. The maximum atomic E-state index is 12.5. The Bertz CT molecular complexity index is 651. The summed E-state index contributed by atoms with van der Waals surface area (Å²) in [5.74, 6) is 0.261. The average molecular weight is 347 g/mol. The van der Waals surface area contributed by atoms with Crippen molar-refractivity contribution in [2.45, 2.75) is 38.6 Å². The molecule has 2 aliphatic rings. The van der Waals surface area contributed by atoms with Crippen molar-refractivity contribution in [1.29, 1.82) is 0 Å². The van der Waals surface area contributed by atoms with E-state index in [1.165, 1.54) is 17.5 Å². The Balaban J connectivity index is 1.47. The fourth-order valence-electron chi connectivity index (χ4n) is 3.94. The second-order valence-corrected chi connectivity index (χ2v) is 7.11. The first-order chi connectivity index (χ1) is 12.1. The molecule has 1 atom stereocenters. The minimum atomic E-state index is -0.102. The molecule has 0 radical (unpaired) electrons. The molecule has 138 valence electrons. The van der Waals surface area contributed by atoms with Crippen LogP contribution < -0.4 is 15.8 Å². The molecule has 1 N–H and O–H groups in total. The van der Waals surface area contributed by atoms with Crippen LogP contribution in [-0.4, -0.2) is 59.4 Å². The fraction of sp³-hybridized carbons (Fsp3) is 0.722. The Hall–Kier alpha value is -1.89. The van der Waals surface area contributed by atoms with E-state index < -0.39 is 0 Å². The van der Waals surface area contributed by atoms with Crippen LogP contribution >= 0.6 is 0 Å². The van der Waals surface area contributed by atoms with Gasteiger partial charge in [0.1, 0.15) is 0 Å². The lowest BCUT2D eigenvalue weighted by Crippen LogP contribution is -2.45. The van der Waals surface area contributed by atoms with Crippen LogP contribution in [0.1, 0.15) is 32.6 Å². The highest BCUT2D eigenvalue weighted by atomic mass is 16.2. The molecule has 0 aliphatic carbocycles. The summed E-state index contributed by atoms with van der Waals surface area (Å²) in [6, 6.07) is 2.12. The van der Waals surface area contributed by atoms with E-state index in [-0.39, 0.29) is 17.4 Å². The Labute approximate surface area is 149 Å². The molecule has 1 aromatic heterocycles. The lowest BCUT2D eigenvalue weighted by molar-refractivity contribution is -0.125.